The number of aromatic nitrogens is 2. The Bertz CT molecular complexity index is 389. The fraction of sp³-hybridized carbons (Fsp3) is 0.692. The zero-order chi connectivity index (χ0) is 11.8. The van der Waals surface area contributed by atoms with Gasteiger partial charge in [0.2, 0.25) is 0 Å². The molecule has 1 aromatic rings. The van der Waals surface area contributed by atoms with E-state index in [1.165, 1.54) is 31.4 Å². The van der Waals surface area contributed by atoms with Crippen molar-refractivity contribution in [1.82, 2.24) is 14.9 Å². The lowest BCUT2D eigenvalue weighted by molar-refractivity contribution is 0.152. The molecule has 17 heavy (non-hydrogen) atoms. The van der Waals surface area contributed by atoms with E-state index in [2.05, 4.69) is 14.9 Å². The number of piperidine rings is 1. The Labute approximate surface area is 102 Å². The van der Waals surface area contributed by atoms with Crippen molar-refractivity contribution in [1.29, 1.82) is 0 Å². The largest absolute Gasteiger partial charge is 0.329 e. The van der Waals surface area contributed by atoms with Crippen molar-refractivity contribution < 1.29 is 0 Å². The molecule has 1 aliphatic heterocycles. The lowest BCUT2D eigenvalue weighted by atomic mass is 10.0. The molecule has 2 N–H and O–H groups in total. The summed E-state index contributed by atoms with van der Waals surface area (Å²) < 4.78 is 0. The minimum atomic E-state index is 0.311. The second kappa shape index (κ2) is 4.35. The van der Waals surface area contributed by atoms with Crippen LogP contribution in [-0.4, -0.2) is 34.0 Å². The molecule has 4 nitrogen and oxygen atoms in total. The van der Waals surface area contributed by atoms with Crippen LogP contribution in [0.2, 0.25) is 0 Å². The Morgan fingerprint density at radius 3 is 2.71 bits per heavy atom. The molecule has 1 aromatic heterocycles. The zero-order valence-electron chi connectivity index (χ0n) is 10.3. The molecule has 2 heterocycles. The molecule has 0 amide bonds. The molecule has 0 spiro atoms. The Balaban J connectivity index is 1.81. The van der Waals surface area contributed by atoms with E-state index in [1.54, 1.807) is 0 Å². The Kier molecular flexibility index (Phi) is 2.84. The maximum atomic E-state index is 5.96. The summed E-state index contributed by atoms with van der Waals surface area (Å²) in [5.74, 6) is 1.73. The lowest BCUT2D eigenvalue weighted by Crippen LogP contribution is -2.39. The first-order valence-electron chi connectivity index (χ1n) is 6.52. The van der Waals surface area contributed by atoms with Gasteiger partial charge in [-0.15, -0.1) is 0 Å². The minimum absolute atomic E-state index is 0.311. The van der Waals surface area contributed by atoms with Crippen molar-refractivity contribution >= 4 is 0 Å². The van der Waals surface area contributed by atoms with Gasteiger partial charge in [0, 0.05) is 37.1 Å². The molecule has 2 aliphatic rings. The van der Waals surface area contributed by atoms with Crippen LogP contribution in [0.4, 0.5) is 0 Å². The monoisotopic (exact) mass is 232 g/mol. The van der Waals surface area contributed by atoms with Crippen LogP contribution in [0.3, 0.4) is 0 Å². The highest BCUT2D eigenvalue weighted by atomic mass is 15.2. The van der Waals surface area contributed by atoms with E-state index in [9.17, 15) is 0 Å². The van der Waals surface area contributed by atoms with Crippen LogP contribution in [0.1, 0.15) is 36.7 Å². The lowest BCUT2D eigenvalue weighted by Gasteiger charge is -2.34. The van der Waals surface area contributed by atoms with Crippen LogP contribution in [0.25, 0.3) is 0 Å². The maximum absolute atomic E-state index is 5.96. The van der Waals surface area contributed by atoms with Gasteiger partial charge >= 0.3 is 0 Å². The van der Waals surface area contributed by atoms with Gasteiger partial charge in [0.25, 0.3) is 0 Å². The molecule has 1 aliphatic carbocycles. The molecule has 4 heteroatoms. The molecule has 2 fully saturated rings. The number of rotatable bonds is 3. The summed E-state index contributed by atoms with van der Waals surface area (Å²) in [7, 11) is 0. The number of hydrogen-bond donors (Lipinski definition) is 1. The van der Waals surface area contributed by atoms with Gasteiger partial charge in [0.05, 0.1) is 6.04 Å². The summed E-state index contributed by atoms with van der Waals surface area (Å²) in [5, 5.41) is 0. The summed E-state index contributed by atoms with van der Waals surface area (Å²) in [6.07, 6.45) is 7.98. The summed E-state index contributed by atoms with van der Waals surface area (Å²) in [6.45, 7) is 3.79. The van der Waals surface area contributed by atoms with E-state index in [-0.39, 0.29) is 0 Å². The molecule has 0 radical (unpaired) electrons. The minimum Gasteiger partial charge on any atom is -0.329 e. The first-order valence-corrected chi connectivity index (χ1v) is 6.52. The number of hydrogen-bond acceptors (Lipinski definition) is 4. The Morgan fingerprint density at radius 2 is 2.18 bits per heavy atom. The molecule has 92 valence electrons. The second-order valence-electron chi connectivity index (χ2n) is 5.34. The number of fused-ring (bicyclic) bond motifs is 2. The molecule has 1 saturated heterocycles. The number of aryl methyl sites for hydroxylation is 1. The average molecular weight is 232 g/mol. The first kappa shape index (κ1) is 11.1. The molecule has 3 unspecified atom stereocenters. The van der Waals surface area contributed by atoms with E-state index in [0.717, 1.165) is 17.8 Å². The van der Waals surface area contributed by atoms with E-state index >= 15 is 0 Å². The third-order valence-corrected chi connectivity index (χ3v) is 4.26. The highest BCUT2D eigenvalue weighted by Gasteiger charge is 2.41. The van der Waals surface area contributed by atoms with Crippen molar-refractivity contribution in [3.8, 4) is 0 Å². The standard InChI is InChI=1S/C13H20N4/c1-9-15-6-11(7-16-9)13(5-14)17-8-10-2-3-12(17)4-10/h6-7,10,12-13H,2-5,8,14H2,1H3. The van der Waals surface area contributed by atoms with Gasteiger partial charge in [0.1, 0.15) is 5.82 Å². The highest BCUT2D eigenvalue weighted by molar-refractivity contribution is 5.14. The van der Waals surface area contributed by atoms with Crippen molar-refractivity contribution in [2.45, 2.75) is 38.3 Å². The topological polar surface area (TPSA) is 55.0 Å². The third-order valence-electron chi connectivity index (χ3n) is 4.26. The van der Waals surface area contributed by atoms with Crippen molar-refractivity contribution in [2.24, 2.45) is 11.7 Å². The molecule has 3 rings (SSSR count). The highest BCUT2D eigenvalue weighted by Crippen LogP contribution is 2.41. The number of nitrogens with two attached hydrogens (primary N) is 1. The van der Waals surface area contributed by atoms with Crippen molar-refractivity contribution in [2.75, 3.05) is 13.1 Å². The normalized spacial score (nSPS) is 29.8. The number of nitrogens with zero attached hydrogens (tertiary/aromatic N) is 3. The van der Waals surface area contributed by atoms with Crippen molar-refractivity contribution in [3.63, 3.8) is 0 Å². The predicted molar refractivity (Wildman–Crippen MR) is 66.4 cm³/mol. The van der Waals surface area contributed by atoms with E-state index in [4.69, 9.17) is 5.73 Å². The molecule has 2 bridgehead atoms. The average Bonchev–Trinajstić information content (AvgIpc) is 2.95. The van der Waals surface area contributed by atoms with Gasteiger partial charge in [-0.3, -0.25) is 4.90 Å². The molecular weight excluding hydrogens is 212 g/mol. The summed E-state index contributed by atoms with van der Waals surface area (Å²) in [6, 6.07) is 1.06. The van der Waals surface area contributed by atoms with Gasteiger partial charge in [-0.1, -0.05) is 0 Å². The third kappa shape index (κ3) is 1.96. The molecule has 3 atom stereocenters. The van der Waals surface area contributed by atoms with Crippen LogP contribution < -0.4 is 5.73 Å². The summed E-state index contributed by atoms with van der Waals surface area (Å²) in [4.78, 5) is 11.1. The summed E-state index contributed by atoms with van der Waals surface area (Å²) >= 11 is 0. The van der Waals surface area contributed by atoms with Crippen LogP contribution in [0, 0.1) is 12.8 Å². The van der Waals surface area contributed by atoms with Gasteiger partial charge in [-0.2, -0.15) is 0 Å². The molecular formula is C13H20N4. The van der Waals surface area contributed by atoms with Crippen LogP contribution in [-0.2, 0) is 0 Å². The number of likely N-dealkylation sites (tertiary alicyclic amines) is 1. The summed E-state index contributed by atoms with van der Waals surface area (Å²) in [5.41, 5.74) is 7.13. The van der Waals surface area contributed by atoms with E-state index in [1.807, 2.05) is 19.3 Å². The zero-order valence-corrected chi connectivity index (χ0v) is 10.3. The van der Waals surface area contributed by atoms with Gasteiger partial charge in [-0.05, 0) is 32.1 Å². The van der Waals surface area contributed by atoms with Gasteiger partial charge in [0.15, 0.2) is 0 Å². The van der Waals surface area contributed by atoms with Crippen molar-refractivity contribution in [3.05, 3.63) is 23.8 Å². The molecule has 0 aromatic carbocycles. The van der Waals surface area contributed by atoms with E-state index < -0.39 is 0 Å². The molecule has 1 saturated carbocycles. The smallest absolute Gasteiger partial charge is 0.125 e. The van der Waals surface area contributed by atoms with Gasteiger partial charge < -0.3 is 5.73 Å². The fourth-order valence-corrected chi connectivity index (χ4v) is 3.38. The fourth-order valence-electron chi connectivity index (χ4n) is 3.38. The first-order chi connectivity index (χ1) is 8.28. The Morgan fingerprint density at radius 1 is 1.41 bits per heavy atom. The van der Waals surface area contributed by atoms with Crippen LogP contribution in [0.5, 0.6) is 0 Å². The Hall–Kier alpha value is -1.00. The van der Waals surface area contributed by atoms with Crippen LogP contribution >= 0.6 is 0 Å². The predicted octanol–water partition coefficient (Wildman–Crippen LogP) is 1.27. The SMILES string of the molecule is Cc1ncc(C(CN)N2CC3CCC2C3)cn1. The van der Waals surface area contributed by atoms with Crippen LogP contribution in [0.15, 0.2) is 12.4 Å². The second-order valence-corrected chi connectivity index (χ2v) is 5.34. The van der Waals surface area contributed by atoms with E-state index in [0.29, 0.717) is 12.6 Å². The van der Waals surface area contributed by atoms with Gasteiger partial charge in [-0.25, -0.2) is 9.97 Å². The maximum Gasteiger partial charge on any atom is 0.125 e. The quantitative estimate of drug-likeness (QED) is 0.852.